The van der Waals surface area contributed by atoms with Crippen LogP contribution < -0.4 is 10.2 Å². The minimum Gasteiger partial charge on any atom is -0.361 e. The topological polar surface area (TPSA) is 15.3 Å². The molecule has 0 saturated heterocycles. The summed E-state index contributed by atoms with van der Waals surface area (Å²) in [4.78, 5) is 2.58. The van der Waals surface area contributed by atoms with Crippen molar-refractivity contribution < 1.29 is 0 Å². The summed E-state index contributed by atoms with van der Waals surface area (Å²) in [6, 6.07) is 45.5. The maximum absolute atomic E-state index is 3.59. The third-order valence-electron chi connectivity index (χ3n) is 13.0. The minimum atomic E-state index is -0.0942. The molecule has 0 bridgehead atoms. The van der Waals surface area contributed by atoms with Gasteiger partial charge in [-0.2, -0.15) is 0 Å². The van der Waals surface area contributed by atoms with Crippen LogP contribution in [-0.4, -0.2) is 6.04 Å². The van der Waals surface area contributed by atoms with Crippen LogP contribution in [0.2, 0.25) is 0 Å². The second kappa shape index (κ2) is 19.7. The van der Waals surface area contributed by atoms with Gasteiger partial charge in [0.2, 0.25) is 0 Å². The quantitative estimate of drug-likeness (QED) is 0.186. The Labute approximate surface area is 383 Å². The van der Waals surface area contributed by atoms with Crippen LogP contribution in [0.1, 0.15) is 81.7 Å². The van der Waals surface area contributed by atoms with E-state index in [1.807, 2.05) is 26.1 Å². The van der Waals surface area contributed by atoms with Crippen molar-refractivity contribution in [2.75, 3.05) is 10.2 Å². The van der Waals surface area contributed by atoms with E-state index in [1.54, 1.807) is 0 Å². The summed E-state index contributed by atoms with van der Waals surface area (Å²) in [7, 11) is 0. The van der Waals surface area contributed by atoms with Crippen LogP contribution in [0, 0.1) is 13.8 Å². The number of hydrogen-bond acceptors (Lipinski definition) is 2. The Morgan fingerprint density at radius 2 is 1.30 bits per heavy atom. The molecule has 2 nitrogen and oxygen atoms in total. The number of benzene rings is 6. The third kappa shape index (κ3) is 8.97. The summed E-state index contributed by atoms with van der Waals surface area (Å²) in [5.74, 6) is 0. The Bertz CT molecular complexity index is 2870. The number of allylic oxidation sites excluding steroid dienone is 10. The fraction of sp³-hybridized carbons (Fsp3) is 0.194. The SMILES string of the molecule is CC.CC1=CC=CCC1.Cc1ccccc1-c1cc(N(c2ccc3c(c2)C(C)(C)c2ccccc2-3)C2C=CC=CC2)cc(-c2ccc3c(c2)-c2ccccc2\C=C/C=C\C=C\N3)c1C. The smallest absolute Gasteiger partial charge is 0.0559 e. The van der Waals surface area contributed by atoms with Crippen molar-refractivity contribution in [2.24, 2.45) is 0 Å². The standard InChI is InChI=1S/C53H46N2.C7H10.C2H6/c1-36-18-11-13-23-43(36)48-34-42(55(40-21-9-7-10-22-40)41-28-29-46-45-25-15-16-26-50(45)53(3,4)51(46)35-41)33-47(37(48)2)39-27-30-52-49(32-39)44-24-14-12-20-38(44)19-8-5-6-17-31-54-52;1-7-5-3-2-4-6-7;1-2/h5-21,23-35,40,54H,22H2,1-4H3;2-3,5H,4,6H2,1H3;1-2H3/b6-5-,19-8-,31-17+;;. The number of nitrogens with zero attached hydrogens (tertiary/aromatic N) is 1. The average molecular weight is 835 g/mol. The van der Waals surface area contributed by atoms with Crippen LogP contribution in [0.4, 0.5) is 17.1 Å². The van der Waals surface area contributed by atoms with Crippen LogP contribution in [0.15, 0.2) is 200 Å². The first kappa shape index (κ1) is 43.7. The molecule has 2 heteroatoms. The van der Waals surface area contributed by atoms with Crippen molar-refractivity contribution in [3.05, 3.63) is 228 Å². The molecule has 1 aliphatic heterocycles. The predicted molar refractivity (Wildman–Crippen MR) is 279 cm³/mol. The number of rotatable bonds is 5. The highest BCUT2D eigenvalue weighted by Gasteiger charge is 2.36. The summed E-state index contributed by atoms with van der Waals surface area (Å²) >= 11 is 0. The lowest BCUT2D eigenvalue weighted by Gasteiger charge is -2.35. The van der Waals surface area contributed by atoms with Gasteiger partial charge in [-0.3, -0.25) is 0 Å². The molecule has 0 aromatic heterocycles. The normalized spacial score (nSPS) is 17.5. The van der Waals surface area contributed by atoms with Crippen LogP contribution in [0.25, 0.3) is 50.6 Å². The first-order chi connectivity index (χ1) is 31.3. The lowest BCUT2D eigenvalue weighted by molar-refractivity contribution is 0.659. The number of aryl methyl sites for hydroxylation is 1. The Kier molecular flexibility index (Phi) is 13.4. The predicted octanol–water partition coefficient (Wildman–Crippen LogP) is 17.5. The van der Waals surface area contributed by atoms with Crippen molar-refractivity contribution in [3.63, 3.8) is 0 Å². The molecule has 6 aromatic rings. The molecule has 1 unspecified atom stereocenters. The zero-order chi connectivity index (χ0) is 44.6. The molecule has 4 aliphatic rings. The molecule has 1 heterocycles. The fourth-order valence-corrected chi connectivity index (χ4v) is 9.58. The number of hydrogen-bond donors (Lipinski definition) is 1. The maximum atomic E-state index is 3.59. The molecule has 0 amide bonds. The molecule has 0 spiro atoms. The van der Waals surface area contributed by atoms with Crippen LogP contribution >= 0.6 is 0 Å². The van der Waals surface area contributed by atoms with Crippen molar-refractivity contribution >= 4 is 23.1 Å². The Morgan fingerprint density at radius 3 is 2.05 bits per heavy atom. The van der Waals surface area contributed by atoms with Gasteiger partial charge in [-0.15, -0.1) is 0 Å². The maximum Gasteiger partial charge on any atom is 0.0559 e. The van der Waals surface area contributed by atoms with Crippen molar-refractivity contribution in [1.82, 2.24) is 0 Å². The van der Waals surface area contributed by atoms with E-state index in [1.165, 1.54) is 102 Å². The zero-order valence-electron chi connectivity index (χ0n) is 38.7. The highest BCUT2D eigenvalue weighted by molar-refractivity contribution is 5.92. The largest absolute Gasteiger partial charge is 0.361 e. The Morgan fingerprint density at radius 1 is 0.562 bits per heavy atom. The Hall–Kier alpha value is -6.90. The van der Waals surface area contributed by atoms with Gasteiger partial charge in [0.25, 0.3) is 0 Å². The minimum absolute atomic E-state index is 0.0942. The van der Waals surface area contributed by atoms with Crippen LogP contribution in [0.5, 0.6) is 0 Å². The van der Waals surface area contributed by atoms with Crippen molar-refractivity contribution in [2.45, 2.75) is 79.2 Å². The van der Waals surface area contributed by atoms with Gasteiger partial charge in [0.05, 0.1) is 6.04 Å². The number of fused-ring (bicyclic) bond motifs is 6. The van der Waals surface area contributed by atoms with E-state index in [-0.39, 0.29) is 11.5 Å². The summed E-state index contributed by atoms with van der Waals surface area (Å²) in [5, 5.41) is 3.59. The second-order valence-electron chi connectivity index (χ2n) is 17.4. The summed E-state index contributed by atoms with van der Waals surface area (Å²) in [6.07, 6.45) is 31.5. The summed E-state index contributed by atoms with van der Waals surface area (Å²) in [6.45, 7) is 15.4. The molecular weight excluding hydrogens is 773 g/mol. The van der Waals surface area contributed by atoms with E-state index >= 15 is 0 Å². The molecule has 3 aliphatic carbocycles. The van der Waals surface area contributed by atoms with Gasteiger partial charge >= 0.3 is 0 Å². The average Bonchev–Trinajstić information content (AvgIpc) is 3.54. The molecule has 0 saturated carbocycles. The highest BCUT2D eigenvalue weighted by atomic mass is 15.2. The number of anilines is 3. The van der Waals surface area contributed by atoms with Crippen molar-refractivity contribution in [1.29, 1.82) is 0 Å². The van der Waals surface area contributed by atoms with Crippen LogP contribution in [0.3, 0.4) is 0 Å². The number of nitrogens with one attached hydrogen (secondary N) is 1. The van der Waals surface area contributed by atoms with E-state index < -0.39 is 0 Å². The lowest BCUT2D eigenvalue weighted by Crippen LogP contribution is -2.30. The summed E-state index contributed by atoms with van der Waals surface area (Å²) in [5.41, 5.74) is 21.4. The first-order valence-electron chi connectivity index (χ1n) is 23.2. The second-order valence-corrected chi connectivity index (χ2v) is 17.4. The van der Waals surface area contributed by atoms with Crippen molar-refractivity contribution in [3.8, 4) is 44.5 Å². The molecular formula is C62H62N2. The molecule has 10 rings (SSSR count). The summed E-state index contributed by atoms with van der Waals surface area (Å²) < 4.78 is 0. The first-order valence-corrected chi connectivity index (χ1v) is 23.2. The lowest BCUT2D eigenvalue weighted by atomic mass is 9.82. The van der Waals surface area contributed by atoms with Gasteiger partial charge < -0.3 is 10.2 Å². The molecule has 6 aromatic carbocycles. The van der Waals surface area contributed by atoms with Gasteiger partial charge in [-0.05, 0) is 149 Å². The monoisotopic (exact) mass is 834 g/mol. The highest BCUT2D eigenvalue weighted by Crippen LogP contribution is 2.51. The molecule has 1 atom stereocenters. The van der Waals surface area contributed by atoms with Gasteiger partial charge in [0, 0.05) is 34.2 Å². The zero-order valence-corrected chi connectivity index (χ0v) is 38.7. The molecule has 64 heavy (non-hydrogen) atoms. The molecule has 0 fully saturated rings. The van der Waals surface area contributed by atoms with Gasteiger partial charge in [0.15, 0.2) is 0 Å². The Balaban J connectivity index is 0.000000563. The van der Waals surface area contributed by atoms with E-state index in [0.717, 1.165) is 12.1 Å². The third-order valence-corrected chi connectivity index (χ3v) is 13.0. The van der Waals surface area contributed by atoms with Gasteiger partial charge in [-0.25, -0.2) is 0 Å². The van der Waals surface area contributed by atoms with E-state index in [0.29, 0.717) is 0 Å². The van der Waals surface area contributed by atoms with Crippen LogP contribution in [-0.2, 0) is 5.41 Å². The van der Waals surface area contributed by atoms with E-state index in [2.05, 4.69) is 233 Å². The van der Waals surface area contributed by atoms with E-state index in [9.17, 15) is 0 Å². The van der Waals surface area contributed by atoms with Gasteiger partial charge in [-0.1, -0.05) is 185 Å². The molecule has 1 N–H and O–H groups in total. The molecule has 0 radical (unpaired) electrons. The molecule has 320 valence electrons. The van der Waals surface area contributed by atoms with E-state index in [4.69, 9.17) is 0 Å². The fourth-order valence-electron chi connectivity index (χ4n) is 9.58. The van der Waals surface area contributed by atoms with Gasteiger partial charge in [0.1, 0.15) is 0 Å².